The predicted octanol–water partition coefficient (Wildman–Crippen LogP) is 2.43. The molecular formula is C20H26FNO5. The van der Waals surface area contributed by atoms with Crippen LogP contribution in [0.5, 0.6) is 0 Å². The number of ether oxygens (including phenoxy) is 2. The summed E-state index contributed by atoms with van der Waals surface area (Å²) in [7, 11) is 1.38. The first-order chi connectivity index (χ1) is 12.8. The number of carbonyl (C=O) groups excluding carboxylic acids is 1. The molecule has 2 heterocycles. The van der Waals surface area contributed by atoms with Crippen molar-refractivity contribution in [3.05, 3.63) is 35.6 Å². The second kappa shape index (κ2) is 7.94. The van der Waals surface area contributed by atoms with E-state index in [4.69, 9.17) is 9.47 Å². The van der Waals surface area contributed by atoms with E-state index < -0.39 is 11.6 Å². The number of piperidine rings is 1. The van der Waals surface area contributed by atoms with Gasteiger partial charge in [0.05, 0.1) is 19.6 Å². The molecule has 0 radical (unpaired) electrons. The SMILES string of the molecule is COC(=O)[C@@H]1CN([C@@H]2CC[C@](C)(C(=O)O)OC2)CC[C@H]1c1ccc(F)cc1. The first-order valence-corrected chi connectivity index (χ1v) is 9.29. The van der Waals surface area contributed by atoms with Crippen LogP contribution in [0.25, 0.3) is 0 Å². The number of carbonyl (C=O) groups is 2. The van der Waals surface area contributed by atoms with Gasteiger partial charge in [-0.25, -0.2) is 9.18 Å². The van der Waals surface area contributed by atoms with E-state index in [-0.39, 0.29) is 29.7 Å². The summed E-state index contributed by atoms with van der Waals surface area (Å²) < 4.78 is 23.9. The molecule has 4 atom stereocenters. The lowest BCUT2D eigenvalue weighted by Crippen LogP contribution is -2.54. The standard InChI is InChI=1S/C20H26FNO5/c1-20(19(24)25)9-7-15(12-27-20)22-10-8-16(17(11-22)18(23)26-2)13-3-5-14(21)6-4-13/h3-6,15-17H,7-12H2,1-2H3,(H,24,25)/t15-,16+,17-,20-/m1/s1. The maximum absolute atomic E-state index is 13.2. The molecule has 0 bridgehead atoms. The molecule has 148 valence electrons. The van der Waals surface area contributed by atoms with Gasteiger partial charge in [-0.2, -0.15) is 0 Å². The highest BCUT2D eigenvalue weighted by atomic mass is 19.1. The second-order valence-corrected chi connectivity index (χ2v) is 7.61. The maximum Gasteiger partial charge on any atom is 0.335 e. The molecular weight excluding hydrogens is 353 g/mol. The lowest BCUT2D eigenvalue weighted by molar-refractivity contribution is -0.175. The maximum atomic E-state index is 13.2. The Morgan fingerprint density at radius 1 is 1.30 bits per heavy atom. The summed E-state index contributed by atoms with van der Waals surface area (Å²) in [4.78, 5) is 25.9. The molecule has 0 aliphatic carbocycles. The molecule has 2 aliphatic heterocycles. The summed E-state index contributed by atoms with van der Waals surface area (Å²) >= 11 is 0. The topological polar surface area (TPSA) is 76.1 Å². The summed E-state index contributed by atoms with van der Waals surface area (Å²) in [5, 5.41) is 9.29. The molecule has 1 aromatic carbocycles. The number of hydrogen-bond donors (Lipinski definition) is 1. The van der Waals surface area contributed by atoms with Gasteiger partial charge in [0.1, 0.15) is 5.82 Å². The van der Waals surface area contributed by atoms with Crippen molar-refractivity contribution >= 4 is 11.9 Å². The fourth-order valence-corrected chi connectivity index (χ4v) is 4.14. The van der Waals surface area contributed by atoms with Gasteiger partial charge in [0.2, 0.25) is 0 Å². The van der Waals surface area contributed by atoms with Gasteiger partial charge in [0, 0.05) is 12.6 Å². The van der Waals surface area contributed by atoms with Crippen LogP contribution in [0.15, 0.2) is 24.3 Å². The molecule has 0 saturated carbocycles. The fraction of sp³-hybridized carbons (Fsp3) is 0.600. The molecule has 0 amide bonds. The minimum atomic E-state index is -1.13. The van der Waals surface area contributed by atoms with Crippen molar-refractivity contribution in [3.63, 3.8) is 0 Å². The van der Waals surface area contributed by atoms with E-state index in [1.165, 1.54) is 19.2 Å². The normalized spacial score (nSPS) is 32.0. The molecule has 0 unspecified atom stereocenters. The van der Waals surface area contributed by atoms with Crippen LogP contribution in [0.3, 0.4) is 0 Å². The first-order valence-electron chi connectivity index (χ1n) is 9.29. The number of nitrogens with zero attached hydrogens (tertiary/aromatic N) is 1. The average Bonchev–Trinajstić information content (AvgIpc) is 2.68. The molecule has 2 fully saturated rings. The molecule has 2 aliphatic rings. The van der Waals surface area contributed by atoms with Gasteiger partial charge in [0.25, 0.3) is 0 Å². The molecule has 27 heavy (non-hydrogen) atoms. The lowest BCUT2D eigenvalue weighted by Gasteiger charge is -2.44. The number of esters is 1. The van der Waals surface area contributed by atoms with Gasteiger partial charge >= 0.3 is 11.9 Å². The summed E-state index contributed by atoms with van der Waals surface area (Å²) in [6.45, 7) is 3.22. The van der Waals surface area contributed by atoms with E-state index in [2.05, 4.69) is 4.90 Å². The summed E-state index contributed by atoms with van der Waals surface area (Å²) in [5.41, 5.74) is -0.199. The predicted molar refractivity (Wildman–Crippen MR) is 95.9 cm³/mol. The van der Waals surface area contributed by atoms with Crippen LogP contribution in [0, 0.1) is 11.7 Å². The van der Waals surface area contributed by atoms with Crippen LogP contribution in [-0.4, -0.2) is 60.4 Å². The van der Waals surface area contributed by atoms with Gasteiger partial charge < -0.3 is 14.6 Å². The van der Waals surface area contributed by atoms with Crippen molar-refractivity contribution in [2.24, 2.45) is 5.92 Å². The molecule has 0 aromatic heterocycles. The number of carboxylic acids is 1. The Kier molecular flexibility index (Phi) is 5.81. The van der Waals surface area contributed by atoms with Crippen molar-refractivity contribution in [2.75, 3.05) is 26.8 Å². The van der Waals surface area contributed by atoms with E-state index >= 15 is 0 Å². The Morgan fingerprint density at radius 2 is 2.00 bits per heavy atom. The number of carboxylic acid groups (broad SMARTS) is 1. The summed E-state index contributed by atoms with van der Waals surface area (Å²) in [6.07, 6.45) is 1.89. The average molecular weight is 379 g/mol. The van der Waals surface area contributed by atoms with Crippen LogP contribution in [0.1, 0.15) is 37.7 Å². The number of methoxy groups -OCH3 is 1. The largest absolute Gasteiger partial charge is 0.479 e. The minimum absolute atomic E-state index is 0.0249. The molecule has 7 heteroatoms. The van der Waals surface area contributed by atoms with E-state index in [1.54, 1.807) is 19.1 Å². The highest BCUT2D eigenvalue weighted by Gasteiger charge is 2.43. The van der Waals surface area contributed by atoms with E-state index in [0.29, 0.717) is 26.0 Å². The molecule has 1 aromatic rings. The first kappa shape index (κ1) is 19.8. The molecule has 1 N–H and O–H groups in total. The number of rotatable bonds is 4. The molecule has 6 nitrogen and oxygen atoms in total. The van der Waals surface area contributed by atoms with Gasteiger partial charge in [-0.3, -0.25) is 9.69 Å². The second-order valence-electron chi connectivity index (χ2n) is 7.61. The third-order valence-corrected chi connectivity index (χ3v) is 5.96. The van der Waals surface area contributed by atoms with Crippen LogP contribution < -0.4 is 0 Å². The quantitative estimate of drug-likeness (QED) is 0.810. The van der Waals surface area contributed by atoms with Crippen molar-refractivity contribution in [1.29, 1.82) is 0 Å². The fourth-order valence-electron chi connectivity index (χ4n) is 4.14. The van der Waals surface area contributed by atoms with Gasteiger partial charge in [-0.05, 0) is 56.3 Å². The Hall–Kier alpha value is -1.99. The number of likely N-dealkylation sites (tertiary alicyclic amines) is 1. The van der Waals surface area contributed by atoms with E-state index in [0.717, 1.165) is 18.5 Å². The third kappa shape index (κ3) is 4.14. The van der Waals surface area contributed by atoms with Crippen molar-refractivity contribution in [1.82, 2.24) is 4.90 Å². The Labute approximate surface area is 158 Å². The molecule has 0 spiro atoms. The van der Waals surface area contributed by atoms with Gasteiger partial charge in [0.15, 0.2) is 5.60 Å². The van der Waals surface area contributed by atoms with Crippen LogP contribution in [0.2, 0.25) is 0 Å². The summed E-state index contributed by atoms with van der Waals surface area (Å²) in [5.74, 6) is -1.89. The van der Waals surface area contributed by atoms with Crippen LogP contribution in [0.4, 0.5) is 4.39 Å². The lowest BCUT2D eigenvalue weighted by atomic mass is 9.79. The van der Waals surface area contributed by atoms with Crippen molar-refractivity contribution < 1.29 is 28.6 Å². The summed E-state index contributed by atoms with van der Waals surface area (Å²) in [6, 6.07) is 6.37. The molecule has 3 rings (SSSR count). The van der Waals surface area contributed by atoms with E-state index in [9.17, 15) is 19.1 Å². The number of halogens is 1. The van der Waals surface area contributed by atoms with Crippen molar-refractivity contribution in [3.8, 4) is 0 Å². The monoisotopic (exact) mass is 379 g/mol. The van der Waals surface area contributed by atoms with Gasteiger partial charge in [-0.1, -0.05) is 12.1 Å². The Balaban J connectivity index is 1.70. The number of aliphatic carboxylic acids is 1. The van der Waals surface area contributed by atoms with Gasteiger partial charge in [-0.15, -0.1) is 0 Å². The highest BCUT2D eigenvalue weighted by molar-refractivity contribution is 5.77. The Morgan fingerprint density at radius 3 is 2.56 bits per heavy atom. The smallest absolute Gasteiger partial charge is 0.335 e. The minimum Gasteiger partial charge on any atom is -0.479 e. The van der Waals surface area contributed by atoms with Crippen molar-refractivity contribution in [2.45, 2.75) is 43.7 Å². The number of benzene rings is 1. The Bertz CT molecular complexity index is 684. The zero-order valence-corrected chi connectivity index (χ0v) is 15.7. The zero-order valence-electron chi connectivity index (χ0n) is 15.7. The third-order valence-electron chi connectivity index (χ3n) is 5.96. The molecule has 2 saturated heterocycles. The van der Waals surface area contributed by atoms with E-state index in [1.807, 2.05) is 0 Å². The van der Waals surface area contributed by atoms with Crippen LogP contribution >= 0.6 is 0 Å². The zero-order chi connectivity index (χ0) is 19.6. The number of hydrogen-bond acceptors (Lipinski definition) is 5. The van der Waals surface area contributed by atoms with Crippen LogP contribution in [-0.2, 0) is 19.1 Å². The highest BCUT2D eigenvalue weighted by Crippen LogP contribution is 2.36.